The molecule has 1 amide bonds. The molecule has 29 heavy (non-hydrogen) atoms. The molecule has 0 atom stereocenters. The Morgan fingerprint density at radius 1 is 1.14 bits per heavy atom. The van der Waals surface area contributed by atoms with Crippen molar-refractivity contribution in [1.29, 1.82) is 0 Å². The van der Waals surface area contributed by atoms with Gasteiger partial charge in [-0.3, -0.25) is 4.79 Å². The van der Waals surface area contributed by atoms with Gasteiger partial charge in [-0.2, -0.15) is 0 Å². The monoisotopic (exact) mass is 395 g/mol. The highest BCUT2D eigenvalue weighted by atomic mass is 16.6. The Morgan fingerprint density at radius 2 is 1.79 bits per heavy atom. The number of nitrogens with zero attached hydrogens (tertiary/aromatic N) is 1. The van der Waals surface area contributed by atoms with Crippen molar-refractivity contribution in [2.24, 2.45) is 16.3 Å². The SMILES string of the molecule is [2H]NC(=O)Cc1ccc(CC(C)(C)C(/C=C/c2ccccc2)=N/OCC(=O)O)cc1. The van der Waals surface area contributed by atoms with Gasteiger partial charge in [0.2, 0.25) is 12.5 Å². The molecule has 2 rings (SSSR count). The molecule has 0 fully saturated rings. The van der Waals surface area contributed by atoms with Gasteiger partial charge in [0.1, 0.15) is 0 Å². The van der Waals surface area contributed by atoms with E-state index in [0.29, 0.717) is 12.1 Å². The minimum Gasteiger partial charge on any atom is -0.479 e. The van der Waals surface area contributed by atoms with E-state index in [1.165, 1.54) is 0 Å². The number of carboxylic acid groups (broad SMARTS) is 1. The molecule has 0 heterocycles. The van der Waals surface area contributed by atoms with Crippen molar-refractivity contribution in [2.75, 3.05) is 6.61 Å². The summed E-state index contributed by atoms with van der Waals surface area (Å²) in [6.07, 6.45) is 4.53. The fraction of sp³-hybridized carbons (Fsp3) is 0.261. The molecule has 0 radical (unpaired) electrons. The molecule has 0 bridgehead atoms. The van der Waals surface area contributed by atoms with Crippen LogP contribution in [0.3, 0.4) is 0 Å². The number of nitrogens with two attached hydrogens (primary N) is 1. The number of hydrogen-bond acceptors (Lipinski definition) is 4. The van der Waals surface area contributed by atoms with E-state index in [0.717, 1.165) is 16.7 Å². The first kappa shape index (κ1) is 20.3. The quantitative estimate of drug-likeness (QED) is 0.475. The summed E-state index contributed by atoms with van der Waals surface area (Å²) in [7, 11) is 0. The zero-order chi connectivity index (χ0) is 22.0. The van der Waals surface area contributed by atoms with Crippen molar-refractivity contribution in [3.8, 4) is 0 Å². The van der Waals surface area contributed by atoms with Gasteiger partial charge in [-0.05, 0) is 29.2 Å². The van der Waals surface area contributed by atoms with Gasteiger partial charge in [-0.1, -0.05) is 79.7 Å². The van der Waals surface area contributed by atoms with Crippen molar-refractivity contribution >= 4 is 23.7 Å². The van der Waals surface area contributed by atoms with Crippen molar-refractivity contribution in [3.05, 3.63) is 77.4 Å². The topological polar surface area (TPSA) is 102 Å². The summed E-state index contributed by atoms with van der Waals surface area (Å²) in [5.74, 6) is -1.45. The van der Waals surface area contributed by atoms with Crippen molar-refractivity contribution in [3.63, 3.8) is 0 Å². The zero-order valence-corrected chi connectivity index (χ0v) is 16.6. The lowest BCUT2D eigenvalue weighted by Gasteiger charge is -2.25. The van der Waals surface area contributed by atoms with Crippen LogP contribution in [0, 0.1) is 5.41 Å². The zero-order valence-electron chi connectivity index (χ0n) is 17.6. The van der Waals surface area contributed by atoms with Gasteiger partial charge in [0, 0.05) is 5.41 Å². The van der Waals surface area contributed by atoms with E-state index in [-0.39, 0.29) is 12.3 Å². The lowest BCUT2D eigenvalue weighted by atomic mass is 9.80. The third-order valence-electron chi connectivity index (χ3n) is 4.31. The molecule has 0 unspecified atom stereocenters. The molecule has 0 saturated heterocycles. The van der Waals surface area contributed by atoms with Gasteiger partial charge in [0.05, 0.1) is 12.1 Å². The van der Waals surface area contributed by atoms with Gasteiger partial charge in [0.15, 0.2) is 1.41 Å². The summed E-state index contributed by atoms with van der Waals surface area (Å²) in [6.45, 7) is 3.50. The summed E-state index contributed by atoms with van der Waals surface area (Å²) in [4.78, 5) is 27.1. The van der Waals surface area contributed by atoms with Gasteiger partial charge in [-0.25, -0.2) is 4.79 Å². The maximum Gasteiger partial charge on any atom is 0.344 e. The highest BCUT2D eigenvalue weighted by molar-refractivity contribution is 6.02. The molecule has 0 aromatic heterocycles. The number of oxime groups is 1. The number of benzene rings is 2. The molecule has 3 N–H and O–H groups in total. The fourth-order valence-corrected chi connectivity index (χ4v) is 2.84. The standard InChI is InChI=1S/C23H26N2O4/c1-23(2,15-19-10-8-18(9-11-19)14-21(24)26)20(25-29-16-22(27)28)13-12-17-6-4-3-5-7-17/h3-13H,14-16H2,1-2H3,(H2,24,26)(H,27,28)/b13-12+,25-20+/i/hD. The molecule has 0 saturated carbocycles. The number of aliphatic carboxylic acids is 1. The predicted octanol–water partition coefficient (Wildman–Crippen LogP) is 3.45. The minimum atomic E-state index is -1.09. The lowest BCUT2D eigenvalue weighted by molar-refractivity contribution is -0.142. The summed E-state index contributed by atoms with van der Waals surface area (Å²) in [5.41, 5.74) is 4.90. The number of rotatable bonds is 10. The van der Waals surface area contributed by atoms with Crippen molar-refractivity contribution in [1.82, 2.24) is 0 Å². The maximum atomic E-state index is 11.3. The maximum absolute atomic E-state index is 11.3. The van der Waals surface area contributed by atoms with E-state index < -0.39 is 18.0 Å². The van der Waals surface area contributed by atoms with Crippen LogP contribution in [0.4, 0.5) is 0 Å². The molecule has 0 aliphatic carbocycles. The van der Waals surface area contributed by atoms with Gasteiger partial charge in [-0.15, -0.1) is 0 Å². The highest BCUT2D eigenvalue weighted by Gasteiger charge is 2.25. The Morgan fingerprint density at radius 3 is 2.41 bits per heavy atom. The van der Waals surface area contributed by atoms with Crippen LogP contribution < -0.4 is 5.73 Å². The van der Waals surface area contributed by atoms with E-state index in [2.05, 4.69) is 5.16 Å². The van der Waals surface area contributed by atoms with Crippen LogP contribution in [0.1, 0.15) is 30.5 Å². The molecule has 0 aliphatic rings. The Balaban J connectivity index is 2.19. The minimum absolute atomic E-state index is 0.155. The number of carbonyl (C=O) groups is 2. The van der Waals surface area contributed by atoms with E-state index >= 15 is 0 Å². The summed E-state index contributed by atoms with van der Waals surface area (Å²) < 4.78 is 6.88. The lowest BCUT2D eigenvalue weighted by Crippen LogP contribution is -2.26. The van der Waals surface area contributed by atoms with Gasteiger partial charge in [0.25, 0.3) is 0 Å². The van der Waals surface area contributed by atoms with E-state index in [1.54, 1.807) is 0 Å². The van der Waals surface area contributed by atoms with Gasteiger partial charge >= 0.3 is 5.97 Å². The summed E-state index contributed by atoms with van der Waals surface area (Å²) in [5, 5.41) is 12.9. The Labute approximate surface area is 172 Å². The average Bonchev–Trinajstić information content (AvgIpc) is 2.72. The third-order valence-corrected chi connectivity index (χ3v) is 4.31. The molecular weight excluding hydrogens is 368 g/mol. The number of allylic oxidation sites excluding steroid dienone is 1. The first-order valence-corrected chi connectivity index (χ1v) is 9.24. The first-order chi connectivity index (χ1) is 14.3. The Hall–Kier alpha value is -3.41. The second-order valence-corrected chi connectivity index (χ2v) is 7.36. The second-order valence-electron chi connectivity index (χ2n) is 7.36. The van der Waals surface area contributed by atoms with Crippen LogP contribution in [0.15, 0.2) is 65.8 Å². The number of primary amides is 1. The molecule has 6 nitrogen and oxygen atoms in total. The number of carboxylic acids is 1. The first-order valence-electron chi connectivity index (χ1n) is 9.74. The smallest absolute Gasteiger partial charge is 0.344 e. The molecule has 6 heteroatoms. The Bertz CT molecular complexity index is 907. The summed E-state index contributed by atoms with van der Waals surface area (Å²) >= 11 is 0. The van der Waals surface area contributed by atoms with E-state index in [9.17, 15) is 9.59 Å². The highest BCUT2D eigenvalue weighted by Crippen LogP contribution is 2.26. The van der Waals surface area contributed by atoms with Crippen molar-refractivity contribution in [2.45, 2.75) is 26.7 Å². The predicted molar refractivity (Wildman–Crippen MR) is 113 cm³/mol. The van der Waals surface area contributed by atoms with Crippen LogP contribution >= 0.6 is 0 Å². The molecular formula is C23H26N2O4. The van der Waals surface area contributed by atoms with Crippen LogP contribution in [0.25, 0.3) is 6.08 Å². The molecule has 2 aromatic rings. The van der Waals surface area contributed by atoms with Crippen LogP contribution in [0.5, 0.6) is 0 Å². The molecule has 0 spiro atoms. The Kier molecular flexibility index (Phi) is 7.16. The largest absolute Gasteiger partial charge is 0.479 e. The van der Waals surface area contributed by atoms with Crippen molar-refractivity contribution < 1.29 is 20.9 Å². The number of amides is 1. The second kappa shape index (κ2) is 10.2. The number of hydrogen-bond donors (Lipinski definition) is 2. The van der Waals surface area contributed by atoms with Crippen LogP contribution in [0.2, 0.25) is 1.41 Å². The van der Waals surface area contributed by atoms with E-state index in [1.807, 2.05) is 86.3 Å². The molecule has 152 valence electrons. The van der Waals surface area contributed by atoms with E-state index in [4.69, 9.17) is 11.4 Å². The summed E-state index contributed by atoms with van der Waals surface area (Å²) in [6, 6.07) is 17.3. The third kappa shape index (κ3) is 7.62. The molecule has 0 aliphatic heterocycles. The normalized spacial score (nSPS) is 12.5. The van der Waals surface area contributed by atoms with Crippen LogP contribution in [-0.2, 0) is 27.3 Å². The number of carbonyl (C=O) groups excluding carboxylic acids is 1. The fourth-order valence-electron chi connectivity index (χ4n) is 2.84. The van der Waals surface area contributed by atoms with Gasteiger partial charge < -0.3 is 15.7 Å². The average molecular weight is 395 g/mol. The van der Waals surface area contributed by atoms with Crippen LogP contribution in [-0.4, -0.2) is 29.3 Å². The molecule has 2 aromatic carbocycles.